The number of rotatable bonds is 5. The summed E-state index contributed by atoms with van der Waals surface area (Å²) in [6, 6.07) is -0.405. The standard InChI is InChI=1S/C4H11NO4S.Na.H/c5-4(1-2-6)3-9-10(7)8;;/h4,6,10H,1-3,5H2;;. The van der Waals surface area contributed by atoms with Crippen molar-refractivity contribution in [3.8, 4) is 0 Å². The molecule has 0 aromatic carbocycles. The summed E-state index contributed by atoms with van der Waals surface area (Å²) in [5, 5.41) is 8.32. The first kappa shape index (κ1) is 14.4. The molecule has 0 heterocycles. The Bertz CT molecular complexity index is 143. The van der Waals surface area contributed by atoms with Gasteiger partial charge in [-0.05, 0) is 6.42 Å². The predicted molar refractivity (Wildman–Crippen MR) is 43.1 cm³/mol. The quantitative estimate of drug-likeness (QED) is 0.334. The number of hydrogen-bond donors (Lipinski definition) is 3. The number of aliphatic hydroxyl groups is 1. The van der Waals surface area contributed by atoms with Gasteiger partial charge in [0, 0.05) is 12.6 Å². The third-order valence-corrected chi connectivity index (χ3v) is 1.25. The third kappa shape index (κ3) is 10.8. The van der Waals surface area contributed by atoms with Gasteiger partial charge < -0.3 is 10.8 Å². The molecule has 0 saturated carbocycles. The van der Waals surface area contributed by atoms with Gasteiger partial charge in [0.05, 0.1) is 6.61 Å². The van der Waals surface area contributed by atoms with Crippen molar-refractivity contribution in [1.82, 2.24) is 0 Å². The molecule has 0 rings (SSSR count). The van der Waals surface area contributed by atoms with Gasteiger partial charge in [0.15, 0.2) is 0 Å². The molecule has 7 heteroatoms. The van der Waals surface area contributed by atoms with Crippen LogP contribution in [0.25, 0.3) is 0 Å². The molecule has 0 spiro atoms. The number of hydrogen-bond acceptors (Lipinski definition) is 5. The molecule has 0 amide bonds. The van der Waals surface area contributed by atoms with Gasteiger partial charge in [-0.1, -0.05) is 0 Å². The summed E-state index contributed by atoms with van der Waals surface area (Å²) in [5.41, 5.74) is 5.28. The molecule has 1 atom stereocenters. The Kier molecular flexibility index (Phi) is 11.6. The maximum absolute atomic E-state index is 9.80. The van der Waals surface area contributed by atoms with Crippen LogP contribution in [-0.2, 0) is 15.2 Å². The van der Waals surface area contributed by atoms with Gasteiger partial charge in [0.25, 0.3) is 11.0 Å². The number of thiol groups is 1. The van der Waals surface area contributed by atoms with E-state index in [9.17, 15) is 8.42 Å². The maximum atomic E-state index is 9.80. The number of nitrogens with two attached hydrogens (primary N) is 1. The van der Waals surface area contributed by atoms with Gasteiger partial charge in [-0.15, -0.1) is 0 Å². The van der Waals surface area contributed by atoms with E-state index in [1.54, 1.807) is 0 Å². The van der Waals surface area contributed by atoms with E-state index in [0.29, 0.717) is 6.42 Å². The summed E-state index contributed by atoms with van der Waals surface area (Å²) in [5.74, 6) is 0. The molecular formula is C4H12NNaO4S. The van der Waals surface area contributed by atoms with E-state index in [-0.39, 0.29) is 42.8 Å². The van der Waals surface area contributed by atoms with Crippen LogP contribution < -0.4 is 5.73 Å². The fourth-order valence-corrected chi connectivity index (χ4v) is 0.719. The molecule has 0 aliphatic heterocycles. The van der Waals surface area contributed by atoms with E-state index in [1.807, 2.05) is 0 Å². The van der Waals surface area contributed by atoms with Crippen LogP contribution in [0.1, 0.15) is 6.42 Å². The molecule has 64 valence electrons. The second kappa shape index (κ2) is 8.92. The molecule has 0 aromatic heterocycles. The fourth-order valence-electron chi connectivity index (χ4n) is 0.406. The van der Waals surface area contributed by atoms with Crippen molar-refractivity contribution in [3.05, 3.63) is 0 Å². The SMILES string of the molecule is NC(CCO)CO[SH](=O)=O.[NaH]. The van der Waals surface area contributed by atoms with Gasteiger partial charge in [0.1, 0.15) is 0 Å². The molecule has 5 nitrogen and oxygen atoms in total. The topological polar surface area (TPSA) is 89.6 Å². The minimum atomic E-state index is -2.81. The van der Waals surface area contributed by atoms with Crippen LogP contribution in [0.4, 0.5) is 0 Å². The molecule has 3 N–H and O–H groups in total. The zero-order valence-corrected chi connectivity index (χ0v) is 6.29. The van der Waals surface area contributed by atoms with Crippen molar-refractivity contribution in [2.75, 3.05) is 13.2 Å². The minimum absolute atomic E-state index is 0. The molecule has 0 saturated heterocycles. The van der Waals surface area contributed by atoms with Crippen molar-refractivity contribution in [1.29, 1.82) is 0 Å². The van der Waals surface area contributed by atoms with Crippen molar-refractivity contribution in [3.63, 3.8) is 0 Å². The Morgan fingerprint density at radius 1 is 1.55 bits per heavy atom. The van der Waals surface area contributed by atoms with Crippen molar-refractivity contribution >= 4 is 40.5 Å². The van der Waals surface area contributed by atoms with E-state index in [4.69, 9.17) is 10.8 Å². The van der Waals surface area contributed by atoms with Crippen LogP contribution >= 0.6 is 0 Å². The normalized spacial score (nSPS) is 12.6. The zero-order valence-electron chi connectivity index (χ0n) is 5.40. The van der Waals surface area contributed by atoms with E-state index in [0.717, 1.165) is 0 Å². The summed E-state index contributed by atoms with van der Waals surface area (Å²) < 4.78 is 23.8. The van der Waals surface area contributed by atoms with E-state index >= 15 is 0 Å². The van der Waals surface area contributed by atoms with Crippen molar-refractivity contribution in [2.24, 2.45) is 5.73 Å². The van der Waals surface area contributed by atoms with Crippen molar-refractivity contribution < 1.29 is 17.7 Å². The molecule has 11 heavy (non-hydrogen) atoms. The molecular weight excluding hydrogens is 181 g/mol. The summed E-state index contributed by atoms with van der Waals surface area (Å²) in [6.45, 7) is -0.112. The predicted octanol–water partition coefficient (Wildman–Crippen LogP) is -2.41. The summed E-state index contributed by atoms with van der Waals surface area (Å²) in [6.07, 6.45) is 0.350. The molecule has 1 unspecified atom stereocenters. The first-order chi connectivity index (χ1) is 4.66. The van der Waals surface area contributed by atoms with Gasteiger partial charge in [-0.2, -0.15) is 0 Å². The zero-order chi connectivity index (χ0) is 7.98. The molecule has 0 fully saturated rings. The molecule has 0 aliphatic rings. The average molecular weight is 193 g/mol. The summed E-state index contributed by atoms with van der Waals surface area (Å²) >= 11 is 0. The Morgan fingerprint density at radius 2 is 2.09 bits per heavy atom. The van der Waals surface area contributed by atoms with Crippen LogP contribution in [0.15, 0.2) is 0 Å². The Hall–Kier alpha value is 0.830. The van der Waals surface area contributed by atoms with Gasteiger partial charge in [-0.25, -0.2) is 8.42 Å². The summed E-state index contributed by atoms with van der Waals surface area (Å²) in [4.78, 5) is 0. The average Bonchev–Trinajstić information content (AvgIpc) is 1.85. The van der Waals surface area contributed by atoms with Crippen molar-refractivity contribution in [2.45, 2.75) is 12.5 Å². The van der Waals surface area contributed by atoms with Crippen LogP contribution in [0.3, 0.4) is 0 Å². The molecule has 0 aromatic rings. The molecule has 0 radical (unpaired) electrons. The Balaban J connectivity index is 0. The van der Waals surface area contributed by atoms with Crippen LogP contribution in [0.5, 0.6) is 0 Å². The second-order valence-electron chi connectivity index (χ2n) is 1.79. The van der Waals surface area contributed by atoms with Gasteiger partial charge in [-0.3, -0.25) is 4.18 Å². The monoisotopic (exact) mass is 193 g/mol. The second-order valence-corrected chi connectivity index (χ2v) is 2.50. The fraction of sp³-hybridized carbons (Fsp3) is 1.00. The molecule has 0 aliphatic carbocycles. The van der Waals surface area contributed by atoms with E-state index in [1.165, 1.54) is 0 Å². The molecule has 0 bridgehead atoms. The number of aliphatic hydroxyl groups excluding tert-OH is 1. The first-order valence-electron chi connectivity index (χ1n) is 2.80. The van der Waals surface area contributed by atoms with E-state index < -0.39 is 17.0 Å². The Labute approximate surface area is 89.4 Å². The van der Waals surface area contributed by atoms with Crippen LogP contribution in [0, 0.1) is 0 Å². The first-order valence-corrected chi connectivity index (χ1v) is 3.90. The van der Waals surface area contributed by atoms with Crippen LogP contribution in [0.2, 0.25) is 0 Å². The van der Waals surface area contributed by atoms with Gasteiger partial charge >= 0.3 is 29.6 Å². The summed E-state index contributed by atoms with van der Waals surface area (Å²) in [7, 11) is -2.81. The Morgan fingerprint density at radius 3 is 2.45 bits per heavy atom. The van der Waals surface area contributed by atoms with Crippen LogP contribution in [-0.4, -0.2) is 62.3 Å². The van der Waals surface area contributed by atoms with E-state index in [2.05, 4.69) is 4.18 Å². The van der Waals surface area contributed by atoms with Gasteiger partial charge in [0.2, 0.25) is 0 Å². The third-order valence-electron chi connectivity index (χ3n) is 0.894.